The van der Waals surface area contributed by atoms with Crippen molar-refractivity contribution in [2.45, 2.75) is 44.2 Å². The number of carbonyl (C=O) groups excluding carboxylic acids is 2. The van der Waals surface area contributed by atoms with E-state index in [4.69, 9.17) is 0 Å². The number of sulfonamides is 1. The molecule has 1 unspecified atom stereocenters. The summed E-state index contributed by atoms with van der Waals surface area (Å²) in [5.74, 6) is -0.778. The second-order valence-corrected chi connectivity index (χ2v) is 13.1. The molecule has 0 aromatic heterocycles. The van der Waals surface area contributed by atoms with Crippen LogP contribution in [0.4, 0.5) is 5.69 Å². The van der Waals surface area contributed by atoms with Crippen molar-refractivity contribution in [1.29, 1.82) is 0 Å². The Labute approximate surface area is 262 Å². The standard InChI is InChI=1S/C34H36BrN3O4S/c1-3-22-36-34(40)32(23-27-10-6-4-7-11-27)37(24-28-16-18-29(35)19-17-28)33(39)25-38(30-20-14-26(2)15-21-30)43(41,42)31-12-8-5-9-13-31/h4-21,32H,3,22-25H2,1-2H3,(H,36,40). The van der Waals surface area contributed by atoms with Crippen LogP contribution in [0.15, 0.2) is 119 Å². The molecule has 4 rings (SSSR count). The van der Waals surface area contributed by atoms with Gasteiger partial charge < -0.3 is 10.2 Å². The molecular weight excluding hydrogens is 626 g/mol. The van der Waals surface area contributed by atoms with Crippen LogP contribution in [0, 0.1) is 6.92 Å². The number of anilines is 1. The van der Waals surface area contributed by atoms with Crippen LogP contribution in [0.2, 0.25) is 0 Å². The van der Waals surface area contributed by atoms with Crippen molar-refractivity contribution in [3.8, 4) is 0 Å². The lowest BCUT2D eigenvalue weighted by molar-refractivity contribution is -0.140. The molecule has 4 aromatic carbocycles. The van der Waals surface area contributed by atoms with Crippen LogP contribution < -0.4 is 9.62 Å². The molecule has 1 N–H and O–H groups in total. The first kappa shape index (κ1) is 32.0. The second kappa shape index (κ2) is 15.0. The van der Waals surface area contributed by atoms with Crippen LogP contribution in [0.1, 0.15) is 30.0 Å². The molecule has 2 amide bonds. The van der Waals surface area contributed by atoms with Gasteiger partial charge in [0.25, 0.3) is 10.0 Å². The largest absolute Gasteiger partial charge is 0.354 e. The molecule has 9 heteroatoms. The van der Waals surface area contributed by atoms with E-state index in [2.05, 4.69) is 21.2 Å². The lowest BCUT2D eigenvalue weighted by Gasteiger charge is -2.34. The van der Waals surface area contributed by atoms with Gasteiger partial charge in [-0.15, -0.1) is 0 Å². The molecule has 0 saturated carbocycles. The van der Waals surface area contributed by atoms with Crippen molar-refractivity contribution in [2.75, 3.05) is 17.4 Å². The summed E-state index contributed by atoms with van der Waals surface area (Å²) < 4.78 is 30.0. The fourth-order valence-electron chi connectivity index (χ4n) is 4.67. The van der Waals surface area contributed by atoms with Gasteiger partial charge >= 0.3 is 0 Å². The third-order valence-corrected chi connectivity index (χ3v) is 9.34. The number of rotatable bonds is 13. The lowest BCUT2D eigenvalue weighted by Crippen LogP contribution is -2.53. The zero-order valence-corrected chi connectivity index (χ0v) is 26.7. The predicted octanol–water partition coefficient (Wildman–Crippen LogP) is 6.12. The number of amides is 2. The smallest absolute Gasteiger partial charge is 0.264 e. The van der Waals surface area contributed by atoms with Gasteiger partial charge in [0.2, 0.25) is 11.8 Å². The summed E-state index contributed by atoms with van der Waals surface area (Å²) in [4.78, 5) is 29.6. The number of halogens is 1. The van der Waals surface area contributed by atoms with E-state index >= 15 is 0 Å². The van der Waals surface area contributed by atoms with E-state index in [0.717, 1.165) is 31.9 Å². The number of nitrogens with one attached hydrogen (secondary N) is 1. The number of hydrogen-bond donors (Lipinski definition) is 1. The molecule has 1 atom stereocenters. The van der Waals surface area contributed by atoms with Crippen LogP contribution >= 0.6 is 15.9 Å². The maximum Gasteiger partial charge on any atom is 0.264 e. The Bertz CT molecular complexity index is 1600. The number of aryl methyl sites for hydroxylation is 1. The second-order valence-electron chi connectivity index (χ2n) is 10.3. The average molecular weight is 663 g/mol. The molecule has 0 spiro atoms. The Morgan fingerprint density at radius 2 is 1.42 bits per heavy atom. The zero-order chi connectivity index (χ0) is 30.8. The highest BCUT2D eigenvalue weighted by Crippen LogP contribution is 2.25. The number of hydrogen-bond acceptors (Lipinski definition) is 4. The van der Waals surface area contributed by atoms with Crippen LogP contribution in [0.25, 0.3) is 0 Å². The van der Waals surface area contributed by atoms with Gasteiger partial charge in [0.1, 0.15) is 12.6 Å². The first-order valence-corrected chi connectivity index (χ1v) is 16.4. The Morgan fingerprint density at radius 3 is 2.02 bits per heavy atom. The molecule has 0 saturated heterocycles. The van der Waals surface area contributed by atoms with Gasteiger partial charge in [-0.2, -0.15) is 0 Å². The molecule has 0 radical (unpaired) electrons. The van der Waals surface area contributed by atoms with E-state index in [-0.39, 0.29) is 23.8 Å². The van der Waals surface area contributed by atoms with Crippen molar-refractivity contribution in [3.05, 3.63) is 130 Å². The highest BCUT2D eigenvalue weighted by molar-refractivity contribution is 9.10. The summed E-state index contributed by atoms with van der Waals surface area (Å²) in [6.45, 7) is 3.97. The fraction of sp³-hybridized carbons (Fsp3) is 0.235. The molecule has 0 aliphatic rings. The predicted molar refractivity (Wildman–Crippen MR) is 174 cm³/mol. The molecule has 7 nitrogen and oxygen atoms in total. The SMILES string of the molecule is CCCNC(=O)C(Cc1ccccc1)N(Cc1ccc(Br)cc1)C(=O)CN(c1ccc(C)cc1)S(=O)(=O)c1ccccc1. The first-order valence-electron chi connectivity index (χ1n) is 14.2. The minimum absolute atomic E-state index is 0.0735. The summed E-state index contributed by atoms with van der Waals surface area (Å²) in [5.41, 5.74) is 3.02. The normalized spacial score (nSPS) is 11.9. The Kier molecular flexibility index (Phi) is 11.1. The molecule has 43 heavy (non-hydrogen) atoms. The van der Waals surface area contributed by atoms with Gasteiger partial charge in [-0.3, -0.25) is 13.9 Å². The van der Waals surface area contributed by atoms with Crippen molar-refractivity contribution in [3.63, 3.8) is 0 Å². The van der Waals surface area contributed by atoms with Gasteiger partial charge in [-0.1, -0.05) is 101 Å². The van der Waals surface area contributed by atoms with E-state index in [1.807, 2.05) is 80.6 Å². The topological polar surface area (TPSA) is 86.8 Å². The van der Waals surface area contributed by atoms with Gasteiger partial charge in [0.05, 0.1) is 10.6 Å². The Morgan fingerprint density at radius 1 is 0.814 bits per heavy atom. The molecule has 0 bridgehead atoms. The minimum Gasteiger partial charge on any atom is -0.354 e. The molecule has 0 fully saturated rings. The van der Waals surface area contributed by atoms with E-state index in [1.54, 1.807) is 30.3 Å². The van der Waals surface area contributed by atoms with Gasteiger partial charge in [-0.05, 0) is 60.9 Å². The molecule has 0 aliphatic carbocycles. The summed E-state index contributed by atoms with van der Waals surface area (Å²) in [7, 11) is -4.11. The minimum atomic E-state index is -4.11. The summed E-state index contributed by atoms with van der Waals surface area (Å²) in [5, 5.41) is 2.96. The maximum absolute atomic E-state index is 14.4. The lowest BCUT2D eigenvalue weighted by atomic mass is 10.0. The number of nitrogens with zero attached hydrogens (tertiary/aromatic N) is 2. The van der Waals surface area contributed by atoms with Crippen molar-refractivity contribution < 1.29 is 18.0 Å². The van der Waals surface area contributed by atoms with Crippen LogP contribution in [0.5, 0.6) is 0 Å². The van der Waals surface area contributed by atoms with Gasteiger partial charge in [0.15, 0.2) is 0 Å². The molecule has 0 heterocycles. The molecule has 0 aliphatic heterocycles. The summed E-state index contributed by atoms with van der Waals surface area (Å²) >= 11 is 3.46. The number of benzene rings is 4. The highest BCUT2D eigenvalue weighted by Gasteiger charge is 2.34. The quantitative estimate of drug-likeness (QED) is 0.187. The first-order chi connectivity index (χ1) is 20.7. The third-order valence-electron chi connectivity index (χ3n) is 7.02. The fourth-order valence-corrected chi connectivity index (χ4v) is 6.37. The zero-order valence-electron chi connectivity index (χ0n) is 24.3. The highest BCUT2D eigenvalue weighted by atomic mass is 79.9. The molecule has 224 valence electrons. The van der Waals surface area contributed by atoms with E-state index in [1.165, 1.54) is 17.0 Å². The maximum atomic E-state index is 14.4. The van der Waals surface area contributed by atoms with Crippen LogP contribution in [-0.4, -0.2) is 44.3 Å². The average Bonchev–Trinajstić information content (AvgIpc) is 3.02. The van der Waals surface area contributed by atoms with Crippen LogP contribution in [-0.2, 0) is 32.6 Å². The van der Waals surface area contributed by atoms with E-state index in [0.29, 0.717) is 12.2 Å². The molecule has 4 aromatic rings. The van der Waals surface area contributed by atoms with Crippen molar-refractivity contribution >= 4 is 43.5 Å². The Hall–Kier alpha value is -3.95. The number of carbonyl (C=O) groups is 2. The van der Waals surface area contributed by atoms with Gasteiger partial charge in [-0.25, -0.2) is 8.42 Å². The monoisotopic (exact) mass is 661 g/mol. The summed E-state index contributed by atoms with van der Waals surface area (Å²) in [6.07, 6.45) is 1.01. The van der Waals surface area contributed by atoms with Gasteiger partial charge in [0, 0.05) is 24.0 Å². The Balaban J connectivity index is 1.78. The summed E-state index contributed by atoms with van der Waals surface area (Å²) in [6, 6.07) is 31.2. The van der Waals surface area contributed by atoms with E-state index in [9.17, 15) is 18.0 Å². The van der Waals surface area contributed by atoms with E-state index < -0.39 is 28.5 Å². The third kappa shape index (κ3) is 8.55. The molecular formula is C34H36BrN3O4S. The van der Waals surface area contributed by atoms with Crippen molar-refractivity contribution in [2.24, 2.45) is 0 Å². The van der Waals surface area contributed by atoms with Crippen molar-refractivity contribution in [1.82, 2.24) is 10.2 Å². The van der Waals surface area contributed by atoms with Crippen LogP contribution in [0.3, 0.4) is 0 Å².